The third kappa shape index (κ3) is 6.81. The maximum absolute atomic E-state index is 9.03. The highest BCUT2D eigenvalue weighted by Gasteiger charge is 2.24. The van der Waals surface area contributed by atoms with E-state index in [4.69, 9.17) is 5.26 Å². The first kappa shape index (κ1) is 14.8. The SMILES string of the molecule is CNC(C)(C#N)CC(C)SCCC(C)C. The Hall–Kier alpha value is -0.200. The molecule has 0 spiro atoms. The predicted molar refractivity (Wildman–Crippen MR) is 69.1 cm³/mol. The van der Waals surface area contributed by atoms with Crippen molar-refractivity contribution in [1.82, 2.24) is 5.32 Å². The third-order valence-corrected chi connectivity index (χ3v) is 3.80. The summed E-state index contributed by atoms with van der Waals surface area (Å²) < 4.78 is 0. The van der Waals surface area contributed by atoms with E-state index in [1.54, 1.807) is 0 Å². The second-order valence-corrected chi connectivity index (χ2v) is 6.31. The Kier molecular flexibility index (Phi) is 7.04. The topological polar surface area (TPSA) is 35.8 Å². The summed E-state index contributed by atoms with van der Waals surface area (Å²) in [6.07, 6.45) is 2.17. The number of nitrogens with zero attached hydrogens (tertiary/aromatic N) is 1. The van der Waals surface area contributed by atoms with Crippen LogP contribution in [0.1, 0.15) is 40.5 Å². The van der Waals surface area contributed by atoms with Crippen molar-refractivity contribution in [3.63, 3.8) is 0 Å². The second kappa shape index (κ2) is 7.14. The van der Waals surface area contributed by atoms with Gasteiger partial charge in [-0.2, -0.15) is 17.0 Å². The first-order valence-corrected chi connectivity index (χ1v) is 6.70. The van der Waals surface area contributed by atoms with E-state index in [2.05, 4.69) is 32.2 Å². The van der Waals surface area contributed by atoms with Crippen LogP contribution in [-0.4, -0.2) is 23.6 Å². The molecule has 0 aliphatic heterocycles. The molecule has 2 unspecified atom stereocenters. The van der Waals surface area contributed by atoms with Crippen molar-refractivity contribution in [1.29, 1.82) is 5.26 Å². The Labute approximate surface area is 98.8 Å². The Morgan fingerprint density at radius 3 is 2.40 bits per heavy atom. The Morgan fingerprint density at radius 1 is 1.40 bits per heavy atom. The fourth-order valence-corrected chi connectivity index (χ4v) is 2.80. The zero-order chi connectivity index (χ0) is 11.9. The zero-order valence-electron chi connectivity index (χ0n) is 10.6. The van der Waals surface area contributed by atoms with E-state index in [-0.39, 0.29) is 5.54 Å². The van der Waals surface area contributed by atoms with E-state index in [1.165, 1.54) is 12.2 Å². The van der Waals surface area contributed by atoms with Crippen molar-refractivity contribution < 1.29 is 0 Å². The molecule has 0 amide bonds. The van der Waals surface area contributed by atoms with Crippen LogP contribution in [0.4, 0.5) is 0 Å². The molecule has 0 aromatic carbocycles. The number of nitriles is 1. The van der Waals surface area contributed by atoms with E-state index in [0.29, 0.717) is 5.25 Å². The molecular formula is C12H24N2S. The lowest BCUT2D eigenvalue weighted by Crippen LogP contribution is -2.40. The molecule has 2 nitrogen and oxygen atoms in total. The molecule has 0 aromatic rings. The molecule has 3 heteroatoms. The van der Waals surface area contributed by atoms with Crippen LogP contribution < -0.4 is 5.32 Å². The summed E-state index contributed by atoms with van der Waals surface area (Å²) in [4.78, 5) is 0. The van der Waals surface area contributed by atoms with Gasteiger partial charge in [0.25, 0.3) is 0 Å². The molecule has 0 aromatic heterocycles. The summed E-state index contributed by atoms with van der Waals surface area (Å²) in [5.74, 6) is 1.97. The molecule has 0 aliphatic carbocycles. The molecular weight excluding hydrogens is 204 g/mol. The van der Waals surface area contributed by atoms with Crippen molar-refractivity contribution in [3.05, 3.63) is 0 Å². The minimum Gasteiger partial charge on any atom is -0.303 e. The molecule has 0 bridgehead atoms. The molecule has 0 rings (SSSR count). The zero-order valence-corrected chi connectivity index (χ0v) is 11.4. The van der Waals surface area contributed by atoms with Gasteiger partial charge in [0.1, 0.15) is 5.54 Å². The summed E-state index contributed by atoms with van der Waals surface area (Å²) >= 11 is 1.97. The number of nitrogens with one attached hydrogen (secondary N) is 1. The fraction of sp³-hybridized carbons (Fsp3) is 0.917. The van der Waals surface area contributed by atoms with Crippen molar-refractivity contribution in [2.75, 3.05) is 12.8 Å². The van der Waals surface area contributed by atoms with Crippen LogP contribution in [0, 0.1) is 17.2 Å². The van der Waals surface area contributed by atoms with Crippen molar-refractivity contribution in [3.8, 4) is 6.07 Å². The van der Waals surface area contributed by atoms with Gasteiger partial charge in [-0.05, 0) is 38.5 Å². The maximum Gasteiger partial charge on any atom is 0.104 e. The Bertz CT molecular complexity index is 210. The first-order chi connectivity index (χ1) is 6.93. The summed E-state index contributed by atoms with van der Waals surface area (Å²) in [6.45, 7) is 8.67. The van der Waals surface area contributed by atoms with Gasteiger partial charge in [0.15, 0.2) is 0 Å². The van der Waals surface area contributed by atoms with Crippen LogP contribution >= 0.6 is 11.8 Å². The van der Waals surface area contributed by atoms with Gasteiger partial charge in [0.05, 0.1) is 6.07 Å². The Morgan fingerprint density at radius 2 is 2.00 bits per heavy atom. The predicted octanol–water partition coefficient (Wildman–Crippen LogP) is 3.05. The fourth-order valence-electron chi connectivity index (χ4n) is 1.34. The van der Waals surface area contributed by atoms with Crippen LogP contribution in [0.2, 0.25) is 0 Å². The number of rotatable bonds is 7. The summed E-state index contributed by atoms with van der Waals surface area (Å²) in [7, 11) is 1.86. The van der Waals surface area contributed by atoms with Crippen LogP contribution in [0.5, 0.6) is 0 Å². The van der Waals surface area contributed by atoms with Crippen molar-refractivity contribution >= 4 is 11.8 Å². The third-order valence-electron chi connectivity index (χ3n) is 2.59. The van der Waals surface area contributed by atoms with Crippen LogP contribution in [0.25, 0.3) is 0 Å². The average Bonchev–Trinajstić information content (AvgIpc) is 2.17. The monoisotopic (exact) mass is 228 g/mol. The number of hydrogen-bond donors (Lipinski definition) is 1. The minimum absolute atomic E-state index is 0.371. The lowest BCUT2D eigenvalue weighted by atomic mass is 9.98. The Balaban J connectivity index is 3.83. The number of hydrogen-bond acceptors (Lipinski definition) is 3. The molecule has 0 fully saturated rings. The van der Waals surface area contributed by atoms with Crippen molar-refractivity contribution in [2.45, 2.75) is 51.3 Å². The van der Waals surface area contributed by atoms with Gasteiger partial charge in [-0.25, -0.2) is 0 Å². The van der Waals surface area contributed by atoms with Crippen molar-refractivity contribution in [2.24, 2.45) is 5.92 Å². The van der Waals surface area contributed by atoms with Gasteiger partial charge in [-0.3, -0.25) is 0 Å². The first-order valence-electron chi connectivity index (χ1n) is 5.65. The second-order valence-electron chi connectivity index (χ2n) is 4.76. The molecule has 0 radical (unpaired) electrons. The van der Waals surface area contributed by atoms with Crippen LogP contribution in [0.3, 0.4) is 0 Å². The number of thioether (sulfide) groups is 1. The highest BCUT2D eigenvalue weighted by molar-refractivity contribution is 7.99. The molecule has 0 saturated carbocycles. The van der Waals surface area contributed by atoms with Gasteiger partial charge >= 0.3 is 0 Å². The van der Waals surface area contributed by atoms with E-state index < -0.39 is 0 Å². The van der Waals surface area contributed by atoms with Gasteiger partial charge in [-0.1, -0.05) is 20.8 Å². The lowest BCUT2D eigenvalue weighted by molar-refractivity contribution is 0.455. The van der Waals surface area contributed by atoms with E-state index in [1.807, 2.05) is 25.7 Å². The van der Waals surface area contributed by atoms with E-state index >= 15 is 0 Å². The smallest absolute Gasteiger partial charge is 0.104 e. The van der Waals surface area contributed by atoms with Gasteiger partial charge in [0.2, 0.25) is 0 Å². The molecule has 0 heterocycles. The summed E-state index contributed by atoms with van der Waals surface area (Å²) in [5.41, 5.74) is -0.371. The quantitative estimate of drug-likeness (QED) is 0.727. The standard InChI is InChI=1S/C12H24N2S/c1-10(2)6-7-15-11(3)8-12(4,9-13)14-5/h10-11,14H,6-8H2,1-5H3. The van der Waals surface area contributed by atoms with E-state index in [0.717, 1.165) is 12.3 Å². The summed E-state index contributed by atoms with van der Waals surface area (Å²) in [6, 6.07) is 2.33. The molecule has 88 valence electrons. The van der Waals surface area contributed by atoms with Gasteiger partial charge < -0.3 is 5.32 Å². The van der Waals surface area contributed by atoms with Crippen LogP contribution in [-0.2, 0) is 0 Å². The van der Waals surface area contributed by atoms with Crippen LogP contribution in [0.15, 0.2) is 0 Å². The normalized spacial score (nSPS) is 17.1. The lowest BCUT2D eigenvalue weighted by Gasteiger charge is -2.24. The molecule has 0 saturated heterocycles. The van der Waals surface area contributed by atoms with E-state index in [9.17, 15) is 0 Å². The molecule has 0 aliphatic rings. The summed E-state index contributed by atoms with van der Waals surface area (Å²) in [5, 5.41) is 12.7. The minimum atomic E-state index is -0.371. The molecule has 2 atom stereocenters. The van der Waals surface area contributed by atoms with Gasteiger partial charge in [0, 0.05) is 5.25 Å². The molecule has 15 heavy (non-hydrogen) atoms. The maximum atomic E-state index is 9.03. The largest absolute Gasteiger partial charge is 0.303 e. The van der Waals surface area contributed by atoms with Gasteiger partial charge in [-0.15, -0.1) is 0 Å². The highest BCUT2D eigenvalue weighted by Crippen LogP contribution is 2.22. The average molecular weight is 228 g/mol. The molecule has 1 N–H and O–H groups in total. The highest BCUT2D eigenvalue weighted by atomic mass is 32.2.